The monoisotopic (exact) mass is 413 g/mol. The van der Waals surface area contributed by atoms with Gasteiger partial charge in [-0.2, -0.15) is 0 Å². The average molecular weight is 414 g/mol. The Hall–Kier alpha value is -2.52. The first-order valence-corrected chi connectivity index (χ1v) is 11.9. The molecule has 4 aliphatic carbocycles. The number of fused-ring (bicyclic) bond motifs is 6. The molecule has 0 saturated heterocycles. The van der Waals surface area contributed by atoms with E-state index in [2.05, 4.69) is 69.8 Å². The van der Waals surface area contributed by atoms with Crippen LogP contribution in [0.1, 0.15) is 58.8 Å². The molecule has 6 atom stereocenters. The predicted molar refractivity (Wildman–Crippen MR) is 124 cm³/mol. The predicted octanol–water partition coefficient (Wildman–Crippen LogP) is 7.13. The number of allylic oxidation sites excluding steroid dienone is 3. The maximum atomic E-state index is 8.89. The third-order valence-corrected chi connectivity index (χ3v) is 9.55. The van der Waals surface area contributed by atoms with E-state index in [1.807, 2.05) is 6.33 Å². The molecule has 1 aromatic carbocycles. The van der Waals surface area contributed by atoms with Crippen molar-refractivity contribution in [1.82, 2.24) is 9.55 Å². The largest absolute Gasteiger partial charge is 0.302 e. The maximum absolute atomic E-state index is 8.89. The third-order valence-electron chi connectivity index (χ3n) is 9.55. The van der Waals surface area contributed by atoms with Gasteiger partial charge in [-0.25, -0.2) is 4.98 Å². The van der Waals surface area contributed by atoms with Gasteiger partial charge in [0.15, 0.2) is 0 Å². The fraction of sp³-hybridized carbons (Fsp3) is 0.577. The van der Waals surface area contributed by atoms with Crippen molar-refractivity contribution in [2.24, 2.45) is 33.7 Å². The molecule has 160 valence electrons. The molecule has 6 rings (SSSR count). The van der Waals surface area contributed by atoms with E-state index < -0.39 is 0 Å². The van der Waals surface area contributed by atoms with Gasteiger partial charge in [0.25, 0.3) is 0 Å². The van der Waals surface area contributed by atoms with E-state index in [9.17, 15) is 0 Å². The van der Waals surface area contributed by atoms with Gasteiger partial charge in [-0.3, -0.25) is 0 Å². The van der Waals surface area contributed by atoms with Crippen molar-refractivity contribution in [2.45, 2.75) is 64.8 Å². The first kappa shape index (κ1) is 19.2. The van der Waals surface area contributed by atoms with Crippen molar-refractivity contribution < 1.29 is 0 Å². The van der Waals surface area contributed by atoms with Crippen LogP contribution in [0.4, 0.5) is 0 Å². The van der Waals surface area contributed by atoms with E-state index in [1.165, 1.54) is 43.3 Å². The lowest BCUT2D eigenvalue weighted by atomic mass is 9.47. The molecule has 2 fully saturated rings. The van der Waals surface area contributed by atoms with E-state index in [4.69, 9.17) is 5.53 Å². The Morgan fingerprint density at radius 3 is 2.77 bits per heavy atom. The molecular weight excluding hydrogens is 382 g/mol. The van der Waals surface area contributed by atoms with Crippen molar-refractivity contribution in [3.63, 3.8) is 0 Å². The van der Waals surface area contributed by atoms with E-state index in [1.54, 1.807) is 5.57 Å². The minimum absolute atomic E-state index is 0.156. The highest BCUT2D eigenvalue weighted by Crippen LogP contribution is 2.65. The van der Waals surface area contributed by atoms with Crippen LogP contribution in [0.15, 0.2) is 53.4 Å². The molecule has 0 spiro atoms. The van der Waals surface area contributed by atoms with Crippen molar-refractivity contribution in [3.05, 3.63) is 58.8 Å². The molecule has 0 bridgehead atoms. The zero-order valence-electron chi connectivity index (χ0n) is 18.5. The Morgan fingerprint density at radius 1 is 1.06 bits per heavy atom. The Morgan fingerprint density at radius 2 is 1.90 bits per heavy atom. The number of imidazole rings is 1. The maximum Gasteiger partial charge on any atom is 0.100 e. The summed E-state index contributed by atoms with van der Waals surface area (Å²) in [7, 11) is 0. The summed E-state index contributed by atoms with van der Waals surface area (Å²) in [6.07, 6.45) is 15.2. The van der Waals surface area contributed by atoms with E-state index in [0.717, 1.165) is 30.2 Å². The molecule has 1 heterocycles. The second-order valence-corrected chi connectivity index (χ2v) is 10.7. The topological polar surface area (TPSA) is 66.6 Å². The summed E-state index contributed by atoms with van der Waals surface area (Å²) in [5.41, 5.74) is 14.8. The highest BCUT2D eigenvalue weighted by atomic mass is 15.1. The van der Waals surface area contributed by atoms with E-state index in [0.29, 0.717) is 5.92 Å². The molecule has 4 aliphatic rings. The van der Waals surface area contributed by atoms with Crippen LogP contribution in [-0.2, 0) is 0 Å². The van der Waals surface area contributed by atoms with Gasteiger partial charge in [0.1, 0.15) is 6.33 Å². The fourth-order valence-electron chi connectivity index (χ4n) is 7.88. The molecule has 31 heavy (non-hydrogen) atoms. The van der Waals surface area contributed by atoms with Gasteiger partial charge < -0.3 is 4.57 Å². The summed E-state index contributed by atoms with van der Waals surface area (Å²) < 4.78 is 2.37. The second kappa shape index (κ2) is 6.74. The van der Waals surface area contributed by atoms with Crippen LogP contribution in [0.25, 0.3) is 27.2 Å². The van der Waals surface area contributed by atoms with Gasteiger partial charge in [0.2, 0.25) is 0 Å². The summed E-state index contributed by atoms with van der Waals surface area (Å²) in [6, 6.07) is 8.66. The van der Waals surface area contributed by atoms with Crippen LogP contribution in [0.2, 0.25) is 0 Å². The summed E-state index contributed by atoms with van der Waals surface area (Å²) in [5, 5.41) is 4.06. The van der Waals surface area contributed by atoms with Crippen molar-refractivity contribution in [1.29, 1.82) is 0 Å². The lowest BCUT2D eigenvalue weighted by Crippen LogP contribution is -2.49. The Bertz CT molecular complexity index is 1150. The van der Waals surface area contributed by atoms with Crippen LogP contribution >= 0.6 is 0 Å². The van der Waals surface area contributed by atoms with Crippen molar-refractivity contribution >= 4 is 16.7 Å². The summed E-state index contributed by atoms with van der Waals surface area (Å²) in [4.78, 5) is 7.77. The quantitative estimate of drug-likeness (QED) is 0.223. The van der Waals surface area contributed by atoms with Crippen LogP contribution in [0, 0.1) is 28.6 Å². The molecule has 2 aromatic rings. The number of rotatable bonds is 2. The minimum Gasteiger partial charge on any atom is -0.302 e. The molecule has 2 saturated carbocycles. The second-order valence-electron chi connectivity index (χ2n) is 10.7. The molecule has 0 aliphatic heterocycles. The number of hydrogen-bond donors (Lipinski definition) is 0. The van der Waals surface area contributed by atoms with Gasteiger partial charge in [-0.15, -0.1) is 0 Å². The van der Waals surface area contributed by atoms with Crippen LogP contribution < -0.4 is 0 Å². The normalized spacial score (nSPS) is 39.0. The Kier molecular flexibility index (Phi) is 4.17. The number of para-hydroxylation sites is 2. The number of hydrogen-bond acceptors (Lipinski definition) is 2. The fourth-order valence-corrected chi connectivity index (χ4v) is 7.88. The highest BCUT2D eigenvalue weighted by molar-refractivity contribution is 5.80. The van der Waals surface area contributed by atoms with Gasteiger partial charge in [0, 0.05) is 22.1 Å². The summed E-state index contributed by atoms with van der Waals surface area (Å²) in [6.45, 7) is 5.03. The van der Waals surface area contributed by atoms with E-state index >= 15 is 0 Å². The van der Waals surface area contributed by atoms with Crippen LogP contribution in [0.5, 0.6) is 0 Å². The number of aromatic nitrogens is 2. The van der Waals surface area contributed by atoms with Gasteiger partial charge in [0.05, 0.1) is 11.0 Å². The highest BCUT2D eigenvalue weighted by Gasteiger charge is 2.57. The number of benzene rings is 1. The lowest BCUT2D eigenvalue weighted by Gasteiger charge is -2.57. The minimum atomic E-state index is 0.156. The lowest BCUT2D eigenvalue weighted by molar-refractivity contribution is -0.0126. The molecular formula is C26H31N5. The van der Waals surface area contributed by atoms with Crippen molar-refractivity contribution in [3.8, 4) is 0 Å². The van der Waals surface area contributed by atoms with Crippen molar-refractivity contribution in [2.75, 3.05) is 0 Å². The molecule has 0 radical (unpaired) electrons. The standard InChI is InChI=1S/C26H31N5/c1-25-13-11-18(29-30-27)15-17(25)7-8-19-20-9-10-24(26(20,2)14-12-21(19)25)31-16-28-22-5-3-4-6-23(22)31/h3-7,10,16,18-21H,8-9,11-15H2,1-2H3/t18-,19-,20-,21-,25-,26-/m0/s1. The first-order chi connectivity index (χ1) is 15.0. The summed E-state index contributed by atoms with van der Waals surface area (Å²) in [5.74, 6) is 2.20. The number of azide groups is 1. The van der Waals surface area contributed by atoms with E-state index in [-0.39, 0.29) is 16.9 Å². The molecule has 0 N–H and O–H groups in total. The molecule has 1 aromatic heterocycles. The third kappa shape index (κ3) is 2.62. The number of nitrogens with zero attached hydrogens (tertiary/aromatic N) is 5. The average Bonchev–Trinajstić information content (AvgIpc) is 3.34. The Balaban J connectivity index is 1.33. The van der Waals surface area contributed by atoms with Crippen LogP contribution in [0.3, 0.4) is 0 Å². The molecule has 5 heteroatoms. The molecule has 0 unspecified atom stereocenters. The summed E-state index contributed by atoms with van der Waals surface area (Å²) >= 11 is 0. The Labute approximate surface area is 183 Å². The van der Waals surface area contributed by atoms with Crippen LogP contribution in [-0.4, -0.2) is 15.6 Å². The zero-order chi connectivity index (χ0) is 21.2. The zero-order valence-corrected chi connectivity index (χ0v) is 18.5. The van der Waals surface area contributed by atoms with Gasteiger partial charge in [-0.05, 0) is 85.8 Å². The first-order valence-electron chi connectivity index (χ1n) is 11.9. The molecule has 0 amide bonds. The van der Waals surface area contributed by atoms with Gasteiger partial charge >= 0.3 is 0 Å². The van der Waals surface area contributed by atoms with Gasteiger partial charge in [-0.1, -0.05) is 48.8 Å². The molecule has 5 nitrogen and oxygen atoms in total. The SMILES string of the molecule is C[C@]12CC[C@H](N=[N+]=[N-])CC1=CC[C@@H]1[C@@H]2CC[C@]2(C)C(n3cnc4ccccc43)=CC[C@@H]12. The smallest absolute Gasteiger partial charge is 0.100 e.